The Morgan fingerprint density at radius 2 is 1.83 bits per heavy atom. The minimum absolute atomic E-state index is 0.535. The molecule has 7 heteroatoms. The van der Waals surface area contributed by atoms with E-state index in [0.29, 0.717) is 19.0 Å². The van der Waals surface area contributed by atoms with Crippen molar-refractivity contribution in [1.29, 1.82) is 0 Å². The van der Waals surface area contributed by atoms with E-state index in [1.165, 1.54) is 0 Å². The van der Waals surface area contributed by atoms with Gasteiger partial charge in [-0.15, -0.1) is 10.2 Å². The van der Waals surface area contributed by atoms with Crippen molar-refractivity contribution in [2.45, 2.75) is 0 Å². The van der Waals surface area contributed by atoms with Crippen molar-refractivity contribution < 1.29 is 9.47 Å². The maximum absolute atomic E-state index is 5.69. The van der Waals surface area contributed by atoms with E-state index < -0.39 is 0 Å². The lowest BCUT2D eigenvalue weighted by Gasteiger charge is -2.11. The fourth-order valence-electron chi connectivity index (χ4n) is 2.13. The topological polar surface area (TPSA) is 85.0 Å². The molecule has 0 bridgehead atoms. The standard InChI is InChI=1S/C16H17N5O2/c1-22-12-6-8-13(9-7-12)23-11-10-17-15-5-3-2-4-14(15)16-18-20-21-19-16/h2-9,17H,10-11H2,1H3,(H,18,19,20,21). The number of tetrazole rings is 1. The molecular formula is C16H17N5O2. The largest absolute Gasteiger partial charge is 0.497 e. The van der Waals surface area contributed by atoms with Crippen LogP contribution in [0, 0.1) is 0 Å². The Bertz CT molecular complexity index is 728. The van der Waals surface area contributed by atoms with Gasteiger partial charge in [0.15, 0.2) is 0 Å². The Hall–Kier alpha value is -3.09. The Morgan fingerprint density at radius 1 is 1.04 bits per heavy atom. The number of nitrogens with one attached hydrogen (secondary N) is 2. The maximum atomic E-state index is 5.69. The first-order valence-electron chi connectivity index (χ1n) is 7.20. The number of H-pyrrole nitrogens is 1. The number of hydrogen-bond donors (Lipinski definition) is 2. The van der Waals surface area contributed by atoms with Crippen LogP contribution in [0.1, 0.15) is 0 Å². The first-order chi connectivity index (χ1) is 11.4. The van der Waals surface area contributed by atoms with Crippen LogP contribution in [0.2, 0.25) is 0 Å². The number of aromatic amines is 1. The van der Waals surface area contributed by atoms with Crippen LogP contribution in [0.4, 0.5) is 5.69 Å². The molecule has 3 rings (SSSR count). The van der Waals surface area contributed by atoms with E-state index in [4.69, 9.17) is 9.47 Å². The third-order valence-electron chi connectivity index (χ3n) is 3.26. The molecule has 7 nitrogen and oxygen atoms in total. The van der Waals surface area contributed by atoms with E-state index in [1.807, 2.05) is 48.5 Å². The first-order valence-corrected chi connectivity index (χ1v) is 7.20. The van der Waals surface area contributed by atoms with Crippen molar-refractivity contribution in [2.75, 3.05) is 25.6 Å². The van der Waals surface area contributed by atoms with Crippen LogP contribution in [-0.4, -0.2) is 40.9 Å². The Kier molecular flexibility index (Phi) is 4.68. The van der Waals surface area contributed by atoms with Gasteiger partial charge in [-0.2, -0.15) is 5.21 Å². The molecule has 0 spiro atoms. The fraction of sp³-hybridized carbons (Fsp3) is 0.188. The molecule has 2 N–H and O–H groups in total. The van der Waals surface area contributed by atoms with Crippen LogP contribution in [0.5, 0.6) is 11.5 Å². The van der Waals surface area contributed by atoms with Crippen molar-refractivity contribution in [1.82, 2.24) is 20.6 Å². The van der Waals surface area contributed by atoms with Crippen molar-refractivity contribution >= 4 is 5.69 Å². The SMILES string of the molecule is COc1ccc(OCCNc2ccccc2-c2nn[nH]n2)cc1. The van der Waals surface area contributed by atoms with Crippen molar-refractivity contribution in [3.05, 3.63) is 48.5 Å². The highest BCUT2D eigenvalue weighted by atomic mass is 16.5. The molecule has 1 heterocycles. The molecule has 0 aliphatic rings. The summed E-state index contributed by atoms with van der Waals surface area (Å²) < 4.78 is 10.8. The van der Waals surface area contributed by atoms with Crippen LogP contribution in [0.3, 0.4) is 0 Å². The van der Waals surface area contributed by atoms with Gasteiger partial charge >= 0.3 is 0 Å². The van der Waals surface area contributed by atoms with Crippen LogP contribution in [-0.2, 0) is 0 Å². The second-order valence-electron chi connectivity index (χ2n) is 4.73. The highest BCUT2D eigenvalue weighted by molar-refractivity contribution is 5.72. The van der Waals surface area contributed by atoms with Crippen molar-refractivity contribution in [2.24, 2.45) is 0 Å². The van der Waals surface area contributed by atoms with Crippen LogP contribution in [0.25, 0.3) is 11.4 Å². The van der Waals surface area contributed by atoms with Gasteiger partial charge in [-0.05, 0) is 41.6 Å². The predicted molar refractivity (Wildman–Crippen MR) is 86.6 cm³/mol. The zero-order chi connectivity index (χ0) is 15.9. The lowest BCUT2D eigenvalue weighted by atomic mass is 10.1. The number of aromatic nitrogens is 4. The maximum Gasteiger partial charge on any atom is 0.206 e. The van der Waals surface area contributed by atoms with Crippen LogP contribution < -0.4 is 14.8 Å². The number of anilines is 1. The predicted octanol–water partition coefficient (Wildman–Crippen LogP) is 2.37. The van der Waals surface area contributed by atoms with E-state index >= 15 is 0 Å². The molecule has 3 aromatic rings. The number of para-hydroxylation sites is 1. The smallest absolute Gasteiger partial charge is 0.206 e. The van der Waals surface area contributed by atoms with Crippen LogP contribution in [0.15, 0.2) is 48.5 Å². The number of rotatable bonds is 7. The van der Waals surface area contributed by atoms with Gasteiger partial charge in [0.1, 0.15) is 18.1 Å². The lowest BCUT2D eigenvalue weighted by molar-refractivity contribution is 0.332. The van der Waals surface area contributed by atoms with E-state index in [9.17, 15) is 0 Å². The molecule has 0 saturated carbocycles. The van der Waals surface area contributed by atoms with Gasteiger partial charge in [-0.1, -0.05) is 12.1 Å². The zero-order valence-electron chi connectivity index (χ0n) is 12.7. The molecule has 0 amide bonds. The minimum atomic E-state index is 0.535. The van der Waals surface area contributed by atoms with Gasteiger partial charge in [-0.25, -0.2) is 0 Å². The lowest BCUT2D eigenvalue weighted by Crippen LogP contribution is -2.12. The van der Waals surface area contributed by atoms with Crippen molar-refractivity contribution in [3.63, 3.8) is 0 Å². The molecule has 2 aromatic carbocycles. The molecule has 0 fully saturated rings. The Morgan fingerprint density at radius 3 is 2.57 bits per heavy atom. The van der Waals surface area contributed by atoms with Gasteiger partial charge in [-0.3, -0.25) is 0 Å². The molecule has 1 aromatic heterocycles. The monoisotopic (exact) mass is 311 g/mol. The third-order valence-corrected chi connectivity index (χ3v) is 3.26. The molecule has 0 radical (unpaired) electrons. The average molecular weight is 311 g/mol. The second kappa shape index (κ2) is 7.26. The molecule has 0 aliphatic carbocycles. The number of hydrogen-bond acceptors (Lipinski definition) is 6. The summed E-state index contributed by atoms with van der Waals surface area (Å²) in [7, 11) is 1.64. The highest BCUT2D eigenvalue weighted by Gasteiger charge is 2.08. The Labute approximate surface area is 133 Å². The average Bonchev–Trinajstić information content (AvgIpc) is 3.14. The quantitative estimate of drug-likeness (QED) is 0.652. The molecule has 118 valence electrons. The van der Waals surface area contributed by atoms with Crippen molar-refractivity contribution in [3.8, 4) is 22.9 Å². The van der Waals surface area contributed by atoms with Gasteiger partial charge in [0.05, 0.1) is 7.11 Å². The number of methoxy groups -OCH3 is 1. The van der Waals surface area contributed by atoms with E-state index in [-0.39, 0.29) is 0 Å². The number of ether oxygens (including phenoxy) is 2. The number of nitrogens with zero attached hydrogens (tertiary/aromatic N) is 3. The summed E-state index contributed by atoms with van der Waals surface area (Å²) in [5.41, 5.74) is 1.83. The minimum Gasteiger partial charge on any atom is -0.497 e. The van der Waals surface area contributed by atoms with Gasteiger partial charge < -0.3 is 14.8 Å². The second-order valence-corrected chi connectivity index (χ2v) is 4.73. The van der Waals surface area contributed by atoms with E-state index in [2.05, 4.69) is 25.9 Å². The van der Waals surface area contributed by atoms with Gasteiger partial charge in [0.25, 0.3) is 0 Å². The summed E-state index contributed by atoms with van der Waals surface area (Å²) in [5.74, 6) is 2.17. The molecule has 0 atom stereocenters. The van der Waals surface area contributed by atoms with Crippen LogP contribution >= 0.6 is 0 Å². The van der Waals surface area contributed by atoms with E-state index in [1.54, 1.807) is 7.11 Å². The summed E-state index contributed by atoms with van der Waals surface area (Å²) in [5, 5.41) is 17.4. The zero-order valence-corrected chi connectivity index (χ0v) is 12.7. The molecule has 0 saturated heterocycles. The molecule has 23 heavy (non-hydrogen) atoms. The summed E-state index contributed by atoms with van der Waals surface area (Å²) in [6, 6.07) is 15.3. The first kappa shape index (κ1) is 14.8. The highest BCUT2D eigenvalue weighted by Crippen LogP contribution is 2.23. The summed E-state index contributed by atoms with van der Waals surface area (Å²) >= 11 is 0. The third kappa shape index (κ3) is 3.76. The summed E-state index contributed by atoms with van der Waals surface area (Å²) in [4.78, 5) is 0. The van der Waals surface area contributed by atoms with E-state index in [0.717, 1.165) is 22.7 Å². The fourth-order valence-corrected chi connectivity index (χ4v) is 2.13. The normalized spacial score (nSPS) is 10.3. The molecule has 0 aliphatic heterocycles. The number of benzene rings is 2. The molecule has 0 unspecified atom stereocenters. The van der Waals surface area contributed by atoms with Gasteiger partial charge in [0, 0.05) is 17.8 Å². The van der Waals surface area contributed by atoms with Gasteiger partial charge in [0.2, 0.25) is 5.82 Å². The molecular weight excluding hydrogens is 294 g/mol. The summed E-state index contributed by atoms with van der Waals surface area (Å²) in [6.45, 7) is 1.19. The Balaban J connectivity index is 1.55. The summed E-state index contributed by atoms with van der Waals surface area (Å²) in [6.07, 6.45) is 0.